The van der Waals surface area contributed by atoms with Crippen LogP contribution in [0.3, 0.4) is 0 Å². The van der Waals surface area contributed by atoms with E-state index in [1.54, 1.807) is 0 Å². The van der Waals surface area contributed by atoms with Crippen molar-refractivity contribution < 1.29 is 19.5 Å². The Hall–Kier alpha value is -1.79. The van der Waals surface area contributed by atoms with E-state index in [1.807, 2.05) is 0 Å². The Morgan fingerprint density at radius 3 is 2.53 bits per heavy atom. The highest BCUT2D eigenvalue weighted by Crippen LogP contribution is 2.24. The van der Waals surface area contributed by atoms with E-state index in [0.717, 1.165) is 19.3 Å². The maximum absolute atomic E-state index is 11.7. The molecule has 0 saturated heterocycles. The van der Waals surface area contributed by atoms with E-state index in [0.29, 0.717) is 5.92 Å². The van der Waals surface area contributed by atoms with Gasteiger partial charge in [0.05, 0.1) is 0 Å². The molecule has 1 saturated carbocycles. The Bertz CT molecular complexity index is 359. The number of urea groups is 1. The number of nitrogens with one attached hydrogen (secondary N) is 2. The van der Waals surface area contributed by atoms with Crippen molar-refractivity contribution in [1.82, 2.24) is 10.6 Å². The first-order valence-electron chi connectivity index (χ1n) is 6.48. The zero-order valence-electron chi connectivity index (χ0n) is 11.0. The number of carbonyl (C=O) groups excluding carboxylic acids is 2. The van der Waals surface area contributed by atoms with E-state index in [1.165, 1.54) is 0 Å². The third-order valence-electron chi connectivity index (χ3n) is 3.46. The molecule has 3 amide bonds. The van der Waals surface area contributed by atoms with E-state index in [-0.39, 0.29) is 18.9 Å². The highest BCUT2D eigenvalue weighted by molar-refractivity contribution is 5.83. The summed E-state index contributed by atoms with van der Waals surface area (Å²) in [6.07, 6.45) is 2.97. The molecule has 0 aromatic rings. The Labute approximate surface area is 111 Å². The largest absolute Gasteiger partial charge is 0.480 e. The Morgan fingerprint density at radius 2 is 2.05 bits per heavy atom. The summed E-state index contributed by atoms with van der Waals surface area (Å²) in [6, 6.07) is -1.51. The van der Waals surface area contributed by atoms with E-state index in [2.05, 4.69) is 17.6 Å². The number of nitrogens with two attached hydrogens (primary N) is 1. The average Bonchev–Trinajstić information content (AvgIpc) is 2.69. The van der Waals surface area contributed by atoms with Gasteiger partial charge in [-0.2, -0.15) is 0 Å². The van der Waals surface area contributed by atoms with Gasteiger partial charge < -0.3 is 21.5 Å². The number of carboxylic acids is 1. The van der Waals surface area contributed by atoms with Crippen LogP contribution >= 0.6 is 0 Å². The lowest BCUT2D eigenvalue weighted by Crippen LogP contribution is -2.49. The molecule has 0 bridgehead atoms. The van der Waals surface area contributed by atoms with E-state index >= 15 is 0 Å². The molecule has 0 radical (unpaired) electrons. The molecule has 0 aromatic heterocycles. The van der Waals surface area contributed by atoms with Gasteiger partial charge >= 0.3 is 12.0 Å². The lowest BCUT2D eigenvalue weighted by molar-refractivity contribution is -0.139. The fourth-order valence-electron chi connectivity index (χ4n) is 2.27. The van der Waals surface area contributed by atoms with Gasteiger partial charge in [-0.15, -0.1) is 0 Å². The van der Waals surface area contributed by atoms with Crippen LogP contribution in [-0.2, 0) is 9.59 Å². The first-order chi connectivity index (χ1) is 8.90. The first kappa shape index (κ1) is 15.3. The molecule has 0 aromatic carbocycles. The highest BCUT2D eigenvalue weighted by atomic mass is 16.4. The third-order valence-corrected chi connectivity index (χ3v) is 3.46. The Kier molecular flexibility index (Phi) is 5.59. The average molecular weight is 271 g/mol. The fraction of sp³-hybridized carbons (Fsp3) is 0.750. The molecule has 0 heterocycles. The number of primary amides is 1. The summed E-state index contributed by atoms with van der Waals surface area (Å²) in [5.41, 5.74) is 4.96. The molecule has 1 fully saturated rings. The minimum atomic E-state index is -1.17. The molecule has 108 valence electrons. The lowest BCUT2D eigenvalue weighted by atomic mass is 10.1. The third kappa shape index (κ3) is 5.15. The van der Waals surface area contributed by atoms with E-state index in [9.17, 15) is 14.4 Å². The standard InChI is InChI=1S/C12H21N3O4/c1-7-3-2-4-8(7)14-12(19)15-9(11(17)18)5-6-10(13)16/h7-9H,2-6H2,1H3,(H2,13,16)(H,17,18)(H2,14,15,19)/t7?,8?,9-/m1/s1. The van der Waals surface area contributed by atoms with Gasteiger partial charge in [0, 0.05) is 12.5 Å². The van der Waals surface area contributed by atoms with Crippen LogP contribution < -0.4 is 16.4 Å². The molecule has 0 spiro atoms. The van der Waals surface area contributed by atoms with Crippen LogP contribution in [0, 0.1) is 5.92 Å². The van der Waals surface area contributed by atoms with Crippen molar-refractivity contribution in [3.05, 3.63) is 0 Å². The quantitative estimate of drug-likeness (QED) is 0.551. The molecule has 7 nitrogen and oxygen atoms in total. The monoisotopic (exact) mass is 271 g/mol. The summed E-state index contributed by atoms with van der Waals surface area (Å²) in [4.78, 5) is 33.3. The van der Waals surface area contributed by atoms with Gasteiger partial charge in [0.2, 0.25) is 5.91 Å². The van der Waals surface area contributed by atoms with Crippen molar-refractivity contribution in [2.24, 2.45) is 11.7 Å². The van der Waals surface area contributed by atoms with Crippen LogP contribution in [0.15, 0.2) is 0 Å². The number of hydrogen-bond acceptors (Lipinski definition) is 3. The summed E-state index contributed by atoms with van der Waals surface area (Å²) in [5.74, 6) is -1.35. The lowest BCUT2D eigenvalue weighted by Gasteiger charge is -2.20. The van der Waals surface area contributed by atoms with Crippen molar-refractivity contribution in [1.29, 1.82) is 0 Å². The predicted octanol–water partition coefficient (Wildman–Crippen LogP) is 0.193. The molecule has 0 aliphatic heterocycles. The molecule has 2 unspecified atom stereocenters. The second kappa shape index (κ2) is 6.96. The SMILES string of the molecule is CC1CCCC1NC(=O)N[C@H](CCC(N)=O)C(=O)O. The van der Waals surface area contributed by atoms with Gasteiger partial charge in [-0.25, -0.2) is 9.59 Å². The van der Waals surface area contributed by atoms with Crippen molar-refractivity contribution >= 4 is 17.9 Å². The van der Waals surface area contributed by atoms with Crippen molar-refractivity contribution in [2.75, 3.05) is 0 Å². The number of hydrogen-bond donors (Lipinski definition) is 4. The summed E-state index contributed by atoms with van der Waals surface area (Å²) < 4.78 is 0. The minimum absolute atomic E-state index is 0.00168. The molecule has 3 atom stereocenters. The molecule has 7 heteroatoms. The van der Waals surface area contributed by atoms with Crippen molar-refractivity contribution in [2.45, 2.75) is 51.1 Å². The summed E-state index contributed by atoms with van der Waals surface area (Å²) in [7, 11) is 0. The number of rotatable bonds is 6. The van der Waals surface area contributed by atoms with Gasteiger partial charge in [-0.1, -0.05) is 13.3 Å². The van der Waals surface area contributed by atoms with Crippen LogP contribution in [-0.4, -0.2) is 35.1 Å². The summed E-state index contributed by atoms with van der Waals surface area (Å²) in [5, 5.41) is 14.1. The molecule has 19 heavy (non-hydrogen) atoms. The second-order valence-corrected chi connectivity index (χ2v) is 5.03. The van der Waals surface area contributed by atoms with Gasteiger partial charge in [-0.3, -0.25) is 4.79 Å². The number of aliphatic carboxylic acids is 1. The fourth-order valence-corrected chi connectivity index (χ4v) is 2.27. The van der Waals surface area contributed by atoms with Crippen molar-refractivity contribution in [3.8, 4) is 0 Å². The molecule has 1 aliphatic carbocycles. The first-order valence-corrected chi connectivity index (χ1v) is 6.48. The number of amides is 3. The van der Waals surface area contributed by atoms with Gasteiger partial charge in [0.1, 0.15) is 6.04 Å². The smallest absolute Gasteiger partial charge is 0.326 e. The molecule has 1 rings (SSSR count). The number of carboxylic acid groups (broad SMARTS) is 1. The van der Waals surface area contributed by atoms with Gasteiger partial charge in [0.25, 0.3) is 0 Å². The second-order valence-electron chi connectivity index (χ2n) is 5.03. The van der Waals surface area contributed by atoms with E-state index in [4.69, 9.17) is 10.8 Å². The van der Waals surface area contributed by atoms with Crippen LogP contribution in [0.5, 0.6) is 0 Å². The zero-order valence-corrected chi connectivity index (χ0v) is 11.0. The van der Waals surface area contributed by atoms with Gasteiger partial charge in [0.15, 0.2) is 0 Å². The maximum Gasteiger partial charge on any atom is 0.326 e. The van der Waals surface area contributed by atoms with Gasteiger partial charge in [-0.05, 0) is 25.2 Å². The topological polar surface area (TPSA) is 122 Å². The Balaban J connectivity index is 2.42. The zero-order chi connectivity index (χ0) is 14.4. The van der Waals surface area contributed by atoms with Crippen LogP contribution in [0.4, 0.5) is 4.79 Å². The van der Waals surface area contributed by atoms with Crippen LogP contribution in [0.25, 0.3) is 0 Å². The number of carbonyl (C=O) groups is 3. The van der Waals surface area contributed by atoms with Crippen LogP contribution in [0.1, 0.15) is 39.0 Å². The maximum atomic E-state index is 11.7. The molecule has 5 N–H and O–H groups in total. The van der Waals surface area contributed by atoms with E-state index < -0.39 is 23.9 Å². The minimum Gasteiger partial charge on any atom is -0.480 e. The van der Waals surface area contributed by atoms with Crippen molar-refractivity contribution in [3.63, 3.8) is 0 Å². The highest BCUT2D eigenvalue weighted by Gasteiger charge is 2.26. The van der Waals surface area contributed by atoms with Crippen LogP contribution in [0.2, 0.25) is 0 Å². The summed E-state index contributed by atoms with van der Waals surface area (Å²) in [6.45, 7) is 2.06. The molecular weight excluding hydrogens is 250 g/mol. The summed E-state index contributed by atoms with van der Waals surface area (Å²) >= 11 is 0. The molecule has 1 aliphatic rings. The Morgan fingerprint density at radius 1 is 1.37 bits per heavy atom. The predicted molar refractivity (Wildman–Crippen MR) is 68.3 cm³/mol. The normalized spacial score (nSPS) is 23.6. The molecular formula is C12H21N3O4.